The number of hydrogen-bond donors (Lipinski definition) is 4. The lowest BCUT2D eigenvalue weighted by molar-refractivity contribution is -0.118. The summed E-state index contributed by atoms with van der Waals surface area (Å²) in [5.74, 6) is -0.414. The molecule has 0 spiro atoms. The van der Waals surface area contributed by atoms with Gasteiger partial charge in [-0.1, -0.05) is 0 Å². The average molecular weight is 133 g/mol. The molecule has 0 heterocycles. The topological polar surface area (TPSA) is 101 Å². The molecule has 0 rings (SSSR count). The normalized spacial score (nSPS) is 13.1. The van der Waals surface area contributed by atoms with Gasteiger partial charge >= 0.3 is 0 Å². The van der Waals surface area contributed by atoms with Gasteiger partial charge in [-0.05, 0) is 0 Å². The molecule has 0 radical (unpaired) electrons. The van der Waals surface area contributed by atoms with E-state index in [1.54, 1.807) is 0 Å². The molecular weight excluding hydrogens is 122 g/mol. The van der Waals surface area contributed by atoms with Gasteiger partial charge in [-0.25, -0.2) is 0 Å². The summed E-state index contributed by atoms with van der Waals surface area (Å²) in [6.45, 7) is 0.312. The molecule has 0 saturated heterocycles. The Balaban J connectivity index is 3.01. The van der Waals surface area contributed by atoms with E-state index < -0.39 is 12.3 Å². The lowest BCUT2D eigenvalue weighted by Gasteiger charge is -2.03. The highest BCUT2D eigenvalue weighted by Gasteiger charge is 1.95. The van der Waals surface area contributed by atoms with Crippen LogP contribution in [0.15, 0.2) is 0 Å². The van der Waals surface area contributed by atoms with E-state index in [1.165, 1.54) is 0 Å². The van der Waals surface area contributed by atoms with Crippen LogP contribution in [0.2, 0.25) is 0 Å². The molecular formula is C4H11N3O2. The fourth-order valence-electron chi connectivity index (χ4n) is 0.343. The molecule has 54 valence electrons. The van der Waals surface area contributed by atoms with Crippen LogP contribution in [0, 0.1) is 0 Å². The molecule has 0 aliphatic heterocycles. The number of nitrogens with one attached hydrogen (secondary N) is 1. The zero-order chi connectivity index (χ0) is 7.28. The molecule has 0 saturated carbocycles. The van der Waals surface area contributed by atoms with Crippen molar-refractivity contribution in [3.8, 4) is 0 Å². The third-order valence-electron chi connectivity index (χ3n) is 0.725. The first-order valence-electron chi connectivity index (χ1n) is 2.58. The predicted molar refractivity (Wildman–Crippen MR) is 32.0 cm³/mol. The molecule has 1 atom stereocenters. The Morgan fingerprint density at radius 1 is 1.78 bits per heavy atom. The van der Waals surface area contributed by atoms with Crippen molar-refractivity contribution >= 4 is 5.91 Å². The van der Waals surface area contributed by atoms with E-state index in [4.69, 9.17) is 16.6 Å². The maximum absolute atomic E-state index is 10.0. The number of aliphatic hydroxyl groups is 1. The lowest BCUT2D eigenvalue weighted by Crippen LogP contribution is -2.38. The molecule has 0 bridgehead atoms. The molecule has 5 nitrogen and oxygen atoms in total. The van der Waals surface area contributed by atoms with E-state index in [0.29, 0.717) is 6.54 Å². The SMILES string of the molecule is NC(=O)CCNC(N)O. The van der Waals surface area contributed by atoms with Gasteiger partial charge in [-0.15, -0.1) is 0 Å². The molecule has 9 heavy (non-hydrogen) atoms. The Bertz CT molecular complexity index is 93.8. The quantitative estimate of drug-likeness (QED) is 0.323. The molecule has 1 unspecified atom stereocenters. The third kappa shape index (κ3) is 7.35. The highest BCUT2D eigenvalue weighted by molar-refractivity contribution is 5.73. The number of amides is 1. The monoisotopic (exact) mass is 133 g/mol. The number of carbonyl (C=O) groups is 1. The van der Waals surface area contributed by atoms with Crippen LogP contribution in [0.4, 0.5) is 0 Å². The van der Waals surface area contributed by atoms with Crippen LogP contribution in [0.5, 0.6) is 0 Å². The van der Waals surface area contributed by atoms with E-state index in [2.05, 4.69) is 5.32 Å². The zero-order valence-corrected chi connectivity index (χ0v) is 5.00. The van der Waals surface area contributed by atoms with Crippen LogP contribution in [-0.2, 0) is 4.79 Å². The maximum Gasteiger partial charge on any atom is 0.218 e. The highest BCUT2D eigenvalue weighted by Crippen LogP contribution is 1.71. The Kier molecular flexibility index (Phi) is 3.94. The van der Waals surface area contributed by atoms with Gasteiger partial charge in [0.2, 0.25) is 5.91 Å². The van der Waals surface area contributed by atoms with Gasteiger partial charge in [0.15, 0.2) is 6.35 Å². The summed E-state index contributed by atoms with van der Waals surface area (Å²) in [6.07, 6.45) is -0.877. The molecule has 0 aliphatic rings. The first-order valence-corrected chi connectivity index (χ1v) is 2.58. The number of nitrogens with two attached hydrogens (primary N) is 2. The summed E-state index contributed by atoms with van der Waals surface area (Å²) in [7, 11) is 0. The van der Waals surface area contributed by atoms with Crippen molar-refractivity contribution in [1.82, 2.24) is 5.32 Å². The van der Waals surface area contributed by atoms with Gasteiger partial charge in [-0.2, -0.15) is 0 Å². The highest BCUT2D eigenvalue weighted by atomic mass is 16.3. The number of aliphatic hydroxyl groups excluding tert-OH is 1. The van der Waals surface area contributed by atoms with E-state index in [-0.39, 0.29) is 6.42 Å². The van der Waals surface area contributed by atoms with Gasteiger partial charge < -0.3 is 10.8 Å². The van der Waals surface area contributed by atoms with Crippen molar-refractivity contribution in [3.63, 3.8) is 0 Å². The van der Waals surface area contributed by atoms with Crippen LogP contribution in [0.25, 0.3) is 0 Å². The van der Waals surface area contributed by atoms with Gasteiger partial charge in [0.1, 0.15) is 0 Å². The summed E-state index contributed by atoms with van der Waals surface area (Å²) in [5, 5.41) is 10.8. The van der Waals surface area contributed by atoms with Crippen LogP contribution < -0.4 is 16.8 Å². The molecule has 5 heteroatoms. The summed E-state index contributed by atoms with van der Waals surface area (Å²) >= 11 is 0. The number of rotatable bonds is 4. The second-order valence-electron chi connectivity index (χ2n) is 1.62. The molecule has 6 N–H and O–H groups in total. The minimum atomic E-state index is -1.07. The maximum atomic E-state index is 10.0. The fraction of sp³-hybridized carbons (Fsp3) is 0.750. The first-order chi connectivity index (χ1) is 4.13. The Morgan fingerprint density at radius 2 is 2.33 bits per heavy atom. The third-order valence-corrected chi connectivity index (χ3v) is 0.725. The Hall–Kier alpha value is -0.650. The van der Waals surface area contributed by atoms with E-state index in [9.17, 15) is 4.79 Å². The summed E-state index contributed by atoms with van der Waals surface area (Å²) < 4.78 is 0. The predicted octanol–water partition coefficient (Wildman–Crippen LogP) is -2.31. The standard InChI is InChI=1S/C4H11N3O2/c5-3(8)1-2-7-4(6)9/h4,7,9H,1-2,6H2,(H2,5,8). The average Bonchev–Trinajstić information content (AvgIpc) is 1.63. The number of primary amides is 1. The minimum absolute atomic E-state index is 0.189. The van der Waals surface area contributed by atoms with Gasteiger partial charge in [0, 0.05) is 13.0 Å². The van der Waals surface area contributed by atoms with E-state index >= 15 is 0 Å². The van der Waals surface area contributed by atoms with E-state index in [1.807, 2.05) is 0 Å². The van der Waals surface area contributed by atoms with Gasteiger partial charge in [0.25, 0.3) is 0 Å². The van der Waals surface area contributed by atoms with Crippen LogP contribution >= 0.6 is 0 Å². The van der Waals surface area contributed by atoms with Gasteiger partial charge in [0.05, 0.1) is 0 Å². The minimum Gasteiger partial charge on any atom is -0.370 e. The van der Waals surface area contributed by atoms with Crippen molar-refractivity contribution in [2.45, 2.75) is 12.8 Å². The second-order valence-corrected chi connectivity index (χ2v) is 1.62. The Labute approximate surface area is 53.0 Å². The fourth-order valence-corrected chi connectivity index (χ4v) is 0.343. The lowest BCUT2D eigenvalue weighted by atomic mass is 10.4. The first kappa shape index (κ1) is 8.35. The van der Waals surface area contributed by atoms with Crippen molar-refractivity contribution < 1.29 is 9.90 Å². The Morgan fingerprint density at radius 3 is 2.67 bits per heavy atom. The van der Waals surface area contributed by atoms with Crippen molar-refractivity contribution in [2.24, 2.45) is 11.5 Å². The number of carbonyl (C=O) groups excluding carboxylic acids is 1. The summed E-state index contributed by atoms with van der Waals surface area (Å²) in [5.41, 5.74) is 9.65. The van der Waals surface area contributed by atoms with Crippen molar-refractivity contribution in [2.75, 3.05) is 6.54 Å². The smallest absolute Gasteiger partial charge is 0.218 e. The van der Waals surface area contributed by atoms with Crippen molar-refractivity contribution in [3.05, 3.63) is 0 Å². The largest absolute Gasteiger partial charge is 0.370 e. The van der Waals surface area contributed by atoms with Crippen LogP contribution in [0.1, 0.15) is 6.42 Å². The van der Waals surface area contributed by atoms with E-state index in [0.717, 1.165) is 0 Å². The summed E-state index contributed by atoms with van der Waals surface area (Å²) in [4.78, 5) is 10.0. The molecule has 0 aliphatic carbocycles. The molecule has 0 aromatic rings. The molecule has 0 aromatic carbocycles. The second kappa shape index (κ2) is 4.25. The molecule has 0 aromatic heterocycles. The van der Waals surface area contributed by atoms with Crippen LogP contribution in [0.3, 0.4) is 0 Å². The van der Waals surface area contributed by atoms with Gasteiger partial charge in [-0.3, -0.25) is 15.8 Å². The number of hydrogen-bond acceptors (Lipinski definition) is 4. The molecule has 0 fully saturated rings. The molecule has 1 amide bonds. The summed E-state index contributed by atoms with van der Waals surface area (Å²) in [6, 6.07) is 0. The van der Waals surface area contributed by atoms with Crippen molar-refractivity contribution in [1.29, 1.82) is 0 Å². The van der Waals surface area contributed by atoms with Crippen LogP contribution in [-0.4, -0.2) is 23.9 Å². The zero-order valence-electron chi connectivity index (χ0n) is 5.00.